The number of ether oxygens (including phenoxy) is 1. The quantitative estimate of drug-likeness (QED) is 0.773. The van der Waals surface area contributed by atoms with E-state index in [1.54, 1.807) is 29.2 Å². The first kappa shape index (κ1) is 21.1. The number of methoxy groups -OCH3 is 1. The largest absolute Gasteiger partial charge is 0.494 e. The Kier molecular flexibility index (Phi) is 6.39. The lowest BCUT2D eigenvalue weighted by Gasteiger charge is -2.35. The molecule has 1 aliphatic rings. The summed E-state index contributed by atoms with van der Waals surface area (Å²) in [6, 6.07) is 11.4. The molecular weight excluding hydrogens is 397 g/mol. The van der Waals surface area contributed by atoms with Crippen molar-refractivity contribution in [3.63, 3.8) is 0 Å². The number of hydrogen-bond acceptors (Lipinski definition) is 5. The maximum absolute atomic E-state index is 13.9. The molecule has 9 heteroatoms. The van der Waals surface area contributed by atoms with Crippen LogP contribution in [0.4, 0.5) is 10.1 Å². The van der Waals surface area contributed by atoms with Crippen LogP contribution in [0.5, 0.6) is 5.75 Å². The Morgan fingerprint density at radius 1 is 1.14 bits per heavy atom. The molecule has 0 saturated carbocycles. The fraction of sp³-hybridized carbons (Fsp3) is 0.350. The van der Waals surface area contributed by atoms with Crippen molar-refractivity contribution in [1.29, 1.82) is 0 Å². The molecule has 1 heterocycles. The van der Waals surface area contributed by atoms with Gasteiger partial charge < -0.3 is 9.64 Å². The van der Waals surface area contributed by atoms with Crippen LogP contribution in [0.1, 0.15) is 15.9 Å². The van der Waals surface area contributed by atoms with Crippen LogP contribution in [0.25, 0.3) is 0 Å². The first-order chi connectivity index (χ1) is 13.7. The van der Waals surface area contributed by atoms with Crippen LogP contribution >= 0.6 is 0 Å². The third-order valence-electron chi connectivity index (χ3n) is 4.69. The second kappa shape index (κ2) is 8.79. The minimum Gasteiger partial charge on any atom is -0.494 e. The fourth-order valence-electron chi connectivity index (χ4n) is 3.29. The monoisotopic (exact) mass is 421 g/mol. The van der Waals surface area contributed by atoms with Crippen molar-refractivity contribution in [2.75, 3.05) is 44.3 Å². The SMILES string of the molecule is COc1ccc(CN2CCN(C(=O)c3cccc(NS(C)(=O)=O)c3)CC2)cc1F. The van der Waals surface area contributed by atoms with E-state index in [9.17, 15) is 17.6 Å². The predicted octanol–water partition coefficient (Wildman–Crippen LogP) is 2.16. The molecule has 3 rings (SSSR count). The van der Waals surface area contributed by atoms with E-state index in [0.717, 1.165) is 11.8 Å². The second-order valence-corrected chi connectivity index (χ2v) is 8.74. The van der Waals surface area contributed by atoms with Gasteiger partial charge in [0.05, 0.1) is 13.4 Å². The average Bonchev–Trinajstić information content (AvgIpc) is 2.67. The first-order valence-electron chi connectivity index (χ1n) is 9.17. The number of anilines is 1. The third-order valence-corrected chi connectivity index (χ3v) is 5.30. The summed E-state index contributed by atoms with van der Waals surface area (Å²) in [5.41, 5.74) is 1.64. The van der Waals surface area contributed by atoms with Gasteiger partial charge in [-0.15, -0.1) is 0 Å². The molecule has 1 aliphatic heterocycles. The number of nitrogens with one attached hydrogen (secondary N) is 1. The highest BCUT2D eigenvalue weighted by atomic mass is 32.2. The molecule has 2 aromatic carbocycles. The van der Waals surface area contributed by atoms with Crippen LogP contribution in [0.2, 0.25) is 0 Å². The van der Waals surface area contributed by atoms with Crippen molar-refractivity contribution < 1.29 is 22.3 Å². The number of hydrogen-bond donors (Lipinski definition) is 1. The van der Waals surface area contributed by atoms with Crippen LogP contribution in [-0.2, 0) is 16.6 Å². The van der Waals surface area contributed by atoms with Gasteiger partial charge in [0.1, 0.15) is 0 Å². The molecule has 1 amide bonds. The standard InChI is InChI=1S/C20H24FN3O4S/c1-28-19-7-6-15(12-18(19)21)14-23-8-10-24(11-9-23)20(25)16-4-3-5-17(13-16)22-29(2,26)27/h3-7,12-13,22H,8-11,14H2,1-2H3. The Bertz CT molecular complexity index is 989. The molecular formula is C20H24FN3O4S. The van der Waals surface area contributed by atoms with Gasteiger partial charge in [0.25, 0.3) is 5.91 Å². The number of amides is 1. The molecule has 0 atom stereocenters. The molecule has 0 spiro atoms. The topological polar surface area (TPSA) is 79.0 Å². The van der Waals surface area contributed by atoms with Crippen LogP contribution in [0.3, 0.4) is 0 Å². The average molecular weight is 421 g/mol. The maximum Gasteiger partial charge on any atom is 0.254 e. The summed E-state index contributed by atoms with van der Waals surface area (Å²) in [4.78, 5) is 16.7. The van der Waals surface area contributed by atoms with E-state index in [2.05, 4.69) is 9.62 Å². The Labute approximate surface area is 170 Å². The molecule has 0 bridgehead atoms. The van der Waals surface area contributed by atoms with Crippen molar-refractivity contribution in [2.45, 2.75) is 6.54 Å². The molecule has 156 valence electrons. The lowest BCUT2D eigenvalue weighted by atomic mass is 10.1. The van der Waals surface area contributed by atoms with Gasteiger partial charge in [-0.25, -0.2) is 12.8 Å². The molecule has 0 aromatic heterocycles. The molecule has 29 heavy (non-hydrogen) atoms. The highest BCUT2D eigenvalue weighted by Crippen LogP contribution is 2.20. The zero-order valence-corrected chi connectivity index (χ0v) is 17.2. The van der Waals surface area contributed by atoms with Crippen molar-refractivity contribution in [2.24, 2.45) is 0 Å². The number of piperazine rings is 1. The summed E-state index contributed by atoms with van der Waals surface area (Å²) in [5, 5.41) is 0. The van der Waals surface area contributed by atoms with E-state index in [-0.39, 0.29) is 17.5 Å². The van der Waals surface area contributed by atoms with Crippen molar-refractivity contribution in [3.05, 3.63) is 59.4 Å². The third kappa shape index (κ3) is 5.68. The molecule has 1 saturated heterocycles. The van der Waals surface area contributed by atoms with Crippen molar-refractivity contribution in [3.8, 4) is 5.75 Å². The molecule has 0 aliphatic carbocycles. The van der Waals surface area contributed by atoms with Gasteiger partial charge in [-0.3, -0.25) is 14.4 Å². The van der Waals surface area contributed by atoms with Crippen LogP contribution < -0.4 is 9.46 Å². The minimum absolute atomic E-state index is 0.141. The molecule has 1 fully saturated rings. The fourth-order valence-corrected chi connectivity index (χ4v) is 3.84. The summed E-state index contributed by atoms with van der Waals surface area (Å²) < 4.78 is 43.9. The molecule has 0 unspecified atom stereocenters. The van der Waals surface area contributed by atoms with Gasteiger partial charge in [0.15, 0.2) is 11.6 Å². The Morgan fingerprint density at radius 2 is 1.86 bits per heavy atom. The Hall–Kier alpha value is -2.65. The molecule has 2 aromatic rings. The summed E-state index contributed by atoms with van der Waals surface area (Å²) in [6.07, 6.45) is 1.06. The molecule has 0 radical (unpaired) electrons. The summed E-state index contributed by atoms with van der Waals surface area (Å²) in [6.45, 7) is 3.01. The summed E-state index contributed by atoms with van der Waals surface area (Å²) >= 11 is 0. The number of carbonyl (C=O) groups excluding carboxylic acids is 1. The number of carbonyl (C=O) groups is 1. The van der Waals surface area contributed by atoms with E-state index in [1.165, 1.54) is 19.2 Å². The van der Waals surface area contributed by atoms with E-state index in [1.807, 2.05) is 6.07 Å². The Morgan fingerprint density at radius 3 is 2.48 bits per heavy atom. The minimum atomic E-state index is -3.41. The van der Waals surface area contributed by atoms with Gasteiger partial charge in [0, 0.05) is 44.0 Å². The molecule has 7 nitrogen and oxygen atoms in total. The van der Waals surface area contributed by atoms with E-state index in [4.69, 9.17) is 4.74 Å². The van der Waals surface area contributed by atoms with Crippen LogP contribution in [0, 0.1) is 5.82 Å². The van der Waals surface area contributed by atoms with Crippen molar-refractivity contribution >= 4 is 21.6 Å². The zero-order chi connectivity index (χ0) is 21.0. The van der Waals surface area contributed by atoms with Gasteiger partial charge in [-0.2, -0.15) is 0 Å². The lowest BCUT2D eigenvalue weighted by Crippen LogP contribution is -2.48. The summed E-state index contributed by atoms with van der Waals surface area (Å²) in [5.74, 6) is -0.310. The van der Waals surface area contributed by atoms with Gasteiger partial charge in [-0.1, -0.05) is 12.1 Å². The lowest BCUT2D eigenvalue weighted by molar-refractivity contribution is 0.0628. The second-order valence-electron chi connectivity index (χ2n) is 6.99. The van der Waals surface area contributed by atoms with Gasteiger partial charge in [0.2, 0.25) is 10.0 Å². The van der Waals surface area contributed by atoms with E-state index < -0.39 is 10.0 Å². The van der Waals surface area contributed by atoms with E-state index in [0.29, 0.717) is 44.0 Å². The normalized spacial score (nSPS) is 15.2. The number of halogens is 1. The van der Waals surface area contributed by atoms with Crippen molar-refractivity contribution in [1.82, 2.24) is 9.80 Å². The number of nitrogens with zero attached hydrogens (tertiary/aromatic N) is 2. The summed E-state index contributed by atoms with van der Waals surface area (Å²) in [7, 11) is -1.97. The number of benzene rings is 2. The number of rotatable bonds is 6. The zero-order valence-electron chi connectivity index (χ0n) is 16.4. The van der Waals surface area contributed by atoms with Crippen LogP contribution in [-0.4, -0.2) is 63.7 Å². The van der Waals surface area contributed by atoms with E-state index >= 15 is 0 Å². The highest BCUT2D eigenvalue weighted by Gasteiger charge is 2.22. The predicted molar refractivity (Wildman–Crippen MR) is 109 cm³/mol. The van der Waals surface area contributed by atoms with Gasteiger partial charge >= 0.3 is 0 Å². The van der Waals surface area contributed by atoms with Gasteiger partial charge in [-0.05, 0) is 35.9 Å². The number of sulfonamides is 1. The smallest absolute Gasteiger partial charge is 0.254 e. The highest BCUT2D eigenvalue weighted by molar-refractivity contribution is 7.92. The first-order valence-corrected chi connectivity index (χ1v) is 11.1. The Balaban J connectivity index is 1.58. The maximum atomic E-state index is 13.9. The molecule has 1 N–H and O–H groups in total. The van der Waals surface area contributed by atoms with Crippen LogP contribution in [0.15, 0.2) is 42.5 Å².